The maximum atomic E-state index is 12.1. The number of nitrogens with one attached hydrogen (secondary N) is 2. The minimum atomic E-state index is -3.64. The Morgan fingerprint density at radius 3 is 3.00 bits per heavy atom. The average Bonchev–Trinajstić information content (AvgIpc) is 2.95. The Bertz CT molecular complexity index is 505. The van der Waals surface area contributed by atoms with Gasteiger partial charge in [-0.2, -0.15) is 5.10 Å². The van der Waals surface area contributed by atoms with Crippen molar-refractivity contribution in [1.82, 2.24) is 14.9 Å². The molecule has 1 aromatic rings. The van der Waals surface area contributed by atoms with Crippen LogP contribution in [0.25, 0.3) is 0 Å². The second kappa shape index (κ2) is 5.35. The number of H-pyrrole nitrogens is 1. The van der Waals surface area contributed by atoms with Crippen LogP contribution in [0.5, 0.6) is 0 Å². The first-order chi connectivity index (χ1) is 8.54. The Morgan fingerprint density at radius 1 is 1.61 bits per heavy atom. The van der Waals surface area contributed by atoms with Crippen molar-refractivity contribution in [1.29, 1.82) is 0 Å². The van der Waals surface area contributed by atoms with Crippen LogP contribution in [0.2, 0.25) is 0 Å². The smallest absolute Gasteiger partial charge is 0.244 e. The molecule has 102 valence electrons. The number of aromatic nitrogens is 2. The SMILES string of the molecule is Cc1[nH]nc(CO)c1S(=O)(=O)NCC1CCOC1. The number of aromatic amines is 1. The minimum Gasteiger partial charge on any atom is -0.390 e. The summed E-state index contributed by atoms with van der Waals surface area (Å²) in [5.41, 5.74) is 0.567. The standard InChI is InChI=1S/C10H17N3O4S/c1-7-10(9(5-14)13-12-7)18(15,16)11-4-8-2-3-17-6-8/h8,11,14H,2-6H2,1H3,(H,12,13). The molecule has 0 amide bonds. The topological polar surface area (TPSA) is 104 Å². The molecule has 7 nitrogen and oxygen atoms in total. The van der Waals surface area contributed by atoms with E-state index in [0.29, 0.717) is 25.5 Å². The van der Waals surface area contributed by atoms with E-state index >= 15 is 0 Å². The van der Waals surface area contributed by atoms with Crippen molar-refractivity contribution in [3.8, 4) is 0 Å². The van der Waals surface area contributed by atoms with Gasteiger partial charge in [-0.3, -0.25) is 5.10 Å². The van der Waals surface area contributed by atoms with Gasteiger partial charge in [-0.15, -0.1) is 0 Å². The molecule has 1 atom stereocenters. The van der Waals surface area contributed by atoms with Gasteiger partial charge in [-0.25, -0.2) is 13.1 Å². The number of hydrogen-bond acceptors (Lipinski definition) is 5. The zero-order valence-corrected chi connectivity index (χ0v) is 11.0. The molecule has 1 unspecified atom stereocenters. The lowest BCUT2D eigenvalue weighted by atomic mass is 10.1. The largest absolute Gasteiger partial charge is 0.390 e. The van der Waals surface area contributed by atoms with Gasteiger partial charge < -0.3 is 9.84 Å². The number of aryl methyl sites for hydroxylation is 1. The molecule has 2 heterocycles. The van der Waals surface area contributed by atoms with Crippen LogP contribution in [-0.4, -0.2) is 43.5 Å². The summed E-state index contributed by atoms with van der Waals surface area (Å²) in [5, 5.41) is 15.4. The minimum absolute atomic E-state index is 0.0453. The molecule has 8 heteroatoms. The number of hydrogen-bond donors (Lipinski definition) is 3. The fourth-order valence-corrected chi connectivity index (χ4v) is 3.45. The second-order valence-electron chi connectivity index (χ2n) is 4.36. The zero-order valence-electron chi connectivity index (χ0n) is 10.1. The quantitative estimate of drug-likeness (QED) is 0.673. The Kier molecular flexibility index (Phi) is 4.00. The molecule has 1 aliphatic heterocycles. The molecule has 1 saturated heterocycles. The molecule has 1 aliphatic rings. The highest BCUT2D eigenvalue weighted by atomic mass is 32.2. The molecule has 0 saturated carbocycles. The Balaban J connectivity index is 2.11. The zero-order chi connectivity index (χ0) is 13.2. The van der Waals surface area contributed by atoms with Crippen LogP contribution in [-0.2, 0) is 21.4 Å². The molecule has 0 aromatic carbocycles. The van der Waals surface area contributed by atoms with Gasteiger partial charge in [0, 0.05) is 13.2 Å². The summed E-state index contributed by atoms with van der Waals surface area (Å²) < 4.78 is 32.0. The highest BCUT2D eigenvalue weighted by Crippen LogP contribution is 2.18. The van der Waals surface area contributed by atoms with Crippen LogP contribution in [0, 0.1) is 12.8 Å². The molecule has 2 rings (SSSR count). The van der Waals surface area contributed by atoms with Crippen LogP contribution < -0.4 is 4.72 Å². The maximum absolute atomic E-state index is 12.1. The molecule has 1 fully saturated rings. The van der Waals surface area contributed by atoms with Gasteiger partial charge in [0.05, 0.1) is 18.9 Å². The number of sulfonamides is 1. The van der Waals surface area contributed by atoms with E-state index in [4.69, 9.17) is 9.84 Å². The third-order valence-corrected chi connectivity index (χ3v) is 4.59. The fourth-order valence-electron chi connectivity index (χ4n) is 1.98. The fraction of sp³-hybridized carbons (Fsp3) is 0.700. The lowest BCUT2D eigenvalue weighted by Gasteiger charge is -2.10. The summed E-state index contributed by atoms with van der Waals surface area (Å²) in [6.07, 6.45) is 0.861. The van der Waals surface area contributed by atoms with E-state index in [0.717, 1.165) is 6.42 Å². The number of aliphatic hydroxyl groups is 1. The van der Waals surface area contributed by atoms with Crippen molar-refractivity contribution in [3.05, 3.63) is 11.4 Å². The van der Waals surface area contributed by atoms with Crippen LogP contribution in [0.1, 0.15) is 17.8 Å². The van der Waals surface area contributed by atoms with Crippen molar-refractivity contribution in [2.24, 2.45) is 5.92 Å². The monoisotopic (exact) mass is 275 g/mol. The highest BCUT2D eigenvalue weighted by Gasteiger charge is 2.25. The van der Waals surface area contributed by atoms with Gasteiger partial charge in [0.1, 0.15) is 10.6 Å². The van der Waals surface area contributed by atoms with E-state index in [1.165, 1.54) is 0 Å². The first-order valence-electron chi connectivity index (χ1n) is 5.76. The molecular weight excluding hydrogens is 258 g/mol. The summed E-state index contributed by atoms with van der Waals surface area (Å²) >= 11 is 0. The number of nitrogens with zero attached hydrogens (tertiary/aromatic N) is 1. The van der Waals surface area contributed by atoms with Gasteiger partial charge in [-0.1, -0.05) is 0 Å². The predicted molar refractivity (Wildman–Crippen MR) is 63.4 cm³/mol. The Hall–Kier alpha value is -0.960. The Morgan fingerprint density at radius 2 is 2.39 bits per heavy atom. The van der Waals surface area contributed by atoms with Gasteiger partial charge in [0.15, 0.2) is 0 Å². The van der Waals surface area contributed by atoms with Crippen molar-refractivity contribution in [2.75, 3.05) is 19.8 Å². The van der Waals surface area contributed by atoms with Crippen LogP contribution in [0.15, 0.2) is 4.90 Å². The van der Waals surface area contributed by atoms with E-state index in [2.05, 4.69) is 14.9 Å². The van der Waals surface area contributed by atoms with Gasteiger partial charge in [-0.05, 0) is 19.3 Å². The van der Waals surface area contributed by atoms with Crippen molar-refractivity contribution < 1.29 is 18.3 Å². The molecule has 0 bridgehead atoms. The predicted octanol–water partition coefficient (Wildman–Crippen LogP) is -0.475. The van der Waals surface area contributed by atoms with Crippen LogP contribution in [0.4, 0.5) is 0 Å². The van der Waals surface area contributed by atoms with Crippen LogP contribution >= 0.6 is 0 Å². The summed E-state index contributed by atoms with van der Waals surface area (Å²) in [6, 6.07) is 0. The Labute approximate surface area is 106 Å². The number of ether oxygens (including phenoxy) is 1. The lowest BCUT2D eigenvalue weighted by Crippen LogP contribution is -2.30. The van der Waals surface area contributed by atoms with Crippen molar-refractivity contribution >= 4 is 10.0 Å². The molecule has 18 heavy (non-hydrogen) atoms. The summed E-state index contributed by atoms with van der Waals surface area (Å²) in [4.78, 5) is 0.0453. The molecular formula is C10H17N3O4S. The third-order valence-electron chi connectivity index (χ3n) is 2.97. The first kappa shape index (κ1) is 13.5. The molecule has 3 N–H and O–H groups in total. The average molecular weight is 275 g/mol. The highest BCUT2D eigenvalue weighted by molar-refractivity contribution is 7.89. The number of rotatable bonds is 5. The summed E-state index contributed by atoms with van der Waals surface area (Å²) in [5.74, 6) is 0.213. The number of aliphatic hydroxyl groups excluding tert-OH is 1. The van der Waals surface area contributed by atoms with E-state index in [9.17, 15) is 8.42 Å². The van der Waals surface area contributed by atoms with E-state index in [1.54, 1.807) is 6.92 Å². The van der Waals surface area contributed by atoms with E-state index in [-0.39, 0.29) is 16.5 Å². The van der Waals surface area contributed by atoms with E-state index in [1.807, 2.05) is 0 Å². The van der Waals surface area contributed by atoms with Gasteiger partial charge >= 0.3 is 0 Å². The van der Waals surface area contributed by atoms with Gasteiger partial charge in [0.2, 0.25) is 10.0 Å². The van der Waals surface area contributed by atoms with Crippen molar-refractivity contribution in [3.63, 3.8) is 0 Å². The van der Waals surface area contributed by atoms with Crippen LogP contribution in [0.3, 0.4) is 0 Å². The lowest BCUT2D eigenvalue weighted by molar-refractivity contribution is 0.186. The normalized spacial score (nSPS) is 20.4. The summed E-state index contributed by atoms with van der Waals surface area (Å²) in [7, 11) is -3.64. The van der Waals surface area contributed by atoms with Crippen molar-refractivity contribution in [2.45, 2.75) is 24.8 Å². The van der Waals surface area contributed by atoms with E-state index < -0.39 is 16.6 Å². The molecule has 0 spiro atoms. The first-order valence-corrected chi connectivity index (χ1v) is 7.25. The summed E-state index contributed by atoms with van der Waals surface area (Å²) in [6.45, 7) is 2.81. The molecule has 1 aromatic heterocycles. The third kappa shape index (κ3) is 2.72. The second-order valence-corrected chi connectivity index (χ2v) is 6.07. The van der Waals surface area contributed by atoms with Gasteiger partial charge in [0.25, 0.3) is 0 Å². The maximum Gasteiger partial charge on any atom is 0.244 e. The molecule has 0 aliphatic carbocycles. The molecule has 0 radical (unpaired) electrons.